The van der Waals surface area contributed by atoms with Gasteiger partial charge >= 0.3 is 0 Å². The summed E-state index contributed by atoms with van der Waals surface area (Å²) in [5, 5.41) is 0. The Kier molecular flexibility index (Phi) is 12.9. The van der Waals surface area contributed by atoms with Gasteiger partial charge in [-0.2, -0.15) is 0 Å². The number of unbranched alkanes of at least 4 members (excludes halogenated alkanes) is 9. The molecule has 1 nitrogen and oxygen atoms in total. The molecule has 0 aliphatic carbocycles. The third-order valence-corrected chi connectivity index (χ3v) is 5.00. The van der Waals surface area contributed by atoms with E-state index >= 15 is 0 Å². The van der Waals surface area contributed by atoms with Crippen molar-refractivity contribution >= 4 is 0 Å². The summed E-state index contributed by atoms with van der Waals surface area (Å²) in [4.78, 5) is 0. The molecule has 0 amide bonds. The average Bonchev–Trinajstić information content (AvgIpc) is 2.46. The van der Waals surface area contributed by atoms with Crippen LogP contribution in [0.15, 0.2) is 0 Å². The van der Waals surface area contributed by atoms with Gasteiger partial charge in [0.15, 0.2) is 0 Å². The first-order chi connectivity index (χ1) is 9.24. The quantitative estimate of drug-likeness (QED) is 0.277. The average molecular weight is 271 g/mol. The zero-order valence-electron chi connectivity index (χ0n) is 14.3. The van der Waals surface area contributed by atoms with Gasteiger partial charge in [-0.25, -0.2) is 0 Å². The summed E-state index contributed by atoms with van der Waals surface area (Å²) in [6, 6.07) is 0. The van der Waals surface area contributed by atoms with Crippen LogP contribution in [0.1, 0.15) is 91.9 Å². The Labute approximate surface area is 123 Å². The molecule has 0 saturated carbocycles. The largest absolute Gasteiger partial charge is 0.324 e. The fourth-order valence-electron chi connectivity index (χ4n) is 3.08. The molecule has 0 aliphatic rings. The summed E-state index contributed by atoms with van der Waals surface area (Å²) < 4.78 is 1.33. The summed E-state index contributed by atoms with van der Waals surface area (Å²) in [6.07, 6.45) is 14.5. The van der Waals surface area contributed by atoms with Crippen molar-refractivity contribution in [2.45, 2.75) is 91.9 Å². The summed E-state index contributed by atoms with van der Waals surface area (Å²) in [5.41, 5.74) is 0. The predicted octanol–water partition coefficient (Wildman–Crippen LogP) is 5.78. The first-order valence-corrected chi connectivity index (χ1v) is 9.09. The van der Waals surface area contributed by atoms with Crippen molar-refractivity contribution in [2.75, 3.05) is 26.2 Å². The van der Waals surface area contributed by atoms with Gasteiger partial charge in [0.05, 0.1) is 26.2 Å². The van der Waals surface area contributed by atoms with Gasteiger partial charge in [-0.15, -0.1) is 0 Å². The van der Waals surface area contributed by atoms with Gasteiger partial charge in [0.2, 0.25) is 0 Å². The maximum absolute atomic E-state index is 2.35. The van der Waals surface area contributed by atoms with Crippen molar-refractivity contribution < 1.29 is 4.48 Å². The van der Waals surface area contributed by atoms with E-state index in [9.17, 15) is 0 Å². The molecule has 1 heteroatoms. The summed E-state index contributed by atoms with van der Waals surface area (Å²) in [5.74, 6) is 0. The van der Waals surface area contributed by atoms with E-state index in [1.54, 1.807) is 0 Å². The highest BCUT2D eigenvalue weighted by atomic mass is 15.3. The highest BCUT2D eigenvalue weighted by molar-refractivity contribution is 4.48. The van der Waals surface area contributed by atoms with E-state index in [0.717, 1.165) is 0 Å². The van der Waals surface area contributed by atoms with Crippen LogP contribution in [0.4, 0.5) is 0 Å². The van der Waals surface area contributed by atoms with Crippen LogP contribution in [0.25, 0.3) is 0 Å². The molecular formula is C18H40N+. The van der Waals surface area contributed by atoms with Gasteiger partial charge < -0.3 is 4.48 Å². The number of rotatable bonds is 14. The lowest BCUT2D eigenvalue weighted by Gasteiger charge is -2.35. The van der Waals surface area contributed by atoms with Gasteiger partial charge in [0.1, 0.15) is 0 Å². The third-order valence-electron chi connectivity index (χ3n) is 5.00. The second-order valence-corrected chi connectivity index (χ2v) is 6.20. The number of nitrogens with zero attached hydrogens (tertiary/aromatic N) is 1. The molecule has 19 heavy (non-hydrogen) atoms. The van der Waals surface area contributed by atoms with E-state index in [1.807, 2.05) is 0 Å². The summed E-state index contributed by atoms with van der Waals surface area (Å²) in [6.45, 7) is 14.7. The van der Waals surface area contributed by atoms with E-state index in [0.29, 0.717) is 0 Å². The van der Waals surface area contributed by atoms with Crippen LogP contribution in [-0.4, -0.2) is 30.7 Å². The number of hydrogen-bond acceptors (Lipinski definition) is 0. The molecule has 0 N–H and O–H groups in total. The van der Waals surface area contributed by atoms with Crippen LogP contribution in [0, 0.1) is 0 Å². The van der Waals surface area contributed by atoms with Crippen LogP contribution in [-0.2, 0) is 0 Å². The second-order valence-electron chi connectivity index (χ2n) is 6.20. The van der Waals surface area contributed by atoms with Crippen LogP contribution >= 0.6 is 0 Å². The molecule has 116 valence electrons. The molecule has 0 saturated heterocycles. The van der Waals surface area contributed by atoms with Crippen LogP contribution in [0.2, 0.25) is 0 Å². The van der Waals surface area contributed by atoms with E-state index < -0.39 is 0 Å². The zero-order chi connectivity index (χ0) is 14.4. The van der Waals surface area contributed by atoms with Gasteiger partial charge in [-0.05, 0) is 33.6 Å². The Morgan fingerprint density at radius 2 is 0.842 bits per heavy atom. The summed E-state index contributed by atoms with van der Waals surface area (Å²) >= 11 is 0. The summed E-state index contributed by atoms with van der Waals surface area (Å²) in [7, 11) is 0. The van der Waals surface area contributed by atoms with E-state index in [1.165, 1.54) is 94.9 Å². The van der Waals surface area contributed by atoms with E-state index in [2.05, 4.69) is 27.7 Å². The van der Waals surface area contributed by atoms with Crippen LogP contribution < -0.4 is 0 Å². The normalized spacial score (nSPS) is 12.0. The molecule has 0 unspecified atom stereocenters. The van der Waals surface area contributed by atoms with Gasteiger partial charge in [-0.3, -0.25) is 0 Å². The molecule has 0 fully saturated rings. The first-order valence-electron chi connectivity index (χ1n) is 9.09. The maximum Gasteiger partial charge on any atom is 0.0786 e. The lowest BCUT2D eigenvalue weighted by Crippen LogP contribution is -2.48. The highest BCUT2D eigenvalue weighted by Gasteiger charge is 2.19. The van der Waals surface area contributed by atoms with Crippen molar-refractivity contribution in [3.05, 3.63) is 0 Å². The first kappa shape index (κ1) is 19.0. The molecule has 0 heterocycles. The van der Waals surface area contributed by atoms with E-state index in [4.69, 9.17) is 0 Å². The van der Waals surface area contributed by atoms with Gasteiger partial charge in [0.25, 0.3) is 0 Å². The Bertz CT molecular complexity index is 164. The Morgan fingerprint density at radius 1 is 0.474 bits per heavy atom. The molecule has 0 aromatic rings. The fourth-order valence-corrected chi connectivity index (χ4v) is 3.08. The van der Waals surface area contributed by atoms with Gasteiger partial charge in [0, 0.05) is 0 Å². The number of hydrogen-bond donors (Lipinski definition) is 0. The van der Waals surface area contributed by atoms with Crippen molar-refractivity contribution in [1.82, 2.24) is 0 Å². The minimum Gasteiger partial charge on any atom is -0.324 e. The Hall–Kier alpha value is -0.0400. The Morgan fingerprint density at radius 3 is 1.21 bits per heavy atom. The van der Waals surface area contributed by atoms with Crippen molar-refractivity contribution in [3.8, 4) is 0 Å². The maximum atomic E-state index is 2.35. The molecule has 0 aromatic carbocycles. The smallest absolute Gasteiger partial charge is 0.0786 e. The van der Waals surface area contributed by atoms with E-state index in [-0.39, 0.29) is 0 Å². The molecule has 0 radical (unpaired) electrons. The van der Waals surface area contributed by atoms with Crippen LogP contribution in [0.5, 0.6) is 0 Å². The monoisotopic (exact) mass is 270 g/mol. The highest BCUT2D eigenvalue weighted by Crippen LogP contribution is 2.13. The predicted molar refractivity (Wildman–Crippen MR) is 88.6 cm³/mol. The number of quaternary nitrogens is 1. The SMILES string of the molecule is CCCCCCCCCCCC[N+](CC)(CC)CC. The minimum atomic E-state index is 1.31. The van der Waals surface area contributed by atoms with Crippen molar-refractivity contribution in [1.29, 1.82) is 0 Å². The van der Waals surface area contributed by atoms with Crippen LogP contribution in [0.3, 0.4) is 0 Å². The van der Waals surface area contributed by atoms with Gasteiger partial charge in [-0.1, -0.05) is 58.3 Å². The molecule has 0 bridgehead atoms. The molecule has 0 atom stereocenters. The molecular weight excluding hydrogens is 230 g/mol. The third kappa shape index (κ3) is 9.49. The molecule has 0 aliphatic heterocycles. The minimum absolute atomic E-state index is 1.31. The topological polar surface area (TPSA) is 0 Å². The second kappa shape index (κ2) is 13.0. The van der Waals surface area contributed by atoms with Crippen molar-refractivity contribution in [2.24, 2.45) is 0 Å². The fraction of sp³-hybridized carbons (Fsp3) is 1.00. The molecule has 0 rings (SSSR count). The lowest BCUT2D eigenvalue weighted by atomic mass is 10.1. The Balaban J connectivity index is 3.35. The molecule has 0 aromatic heterocycles. The lowest BCUT2D eigenvalue weighted by molar-refractivity contribution is -0.923. The zero-order valence-corrected chi connectivity index (χ0v) is 14.3. The molecule has 0 spiro atoms. The van der Waals surface area contributed by atoms with Crippen molar-refractivity contribution in [3.63, 3.8) is 0 Å². The standard InChI is InChI=1S/C18H40N/c1-5-9-10-11-12-13-14-15-16-17-18-19(6-2,7-3)8-4/h5-18H2,1-4H3/q+1.